The van der Waals surface area contributed by atoms with Crippen LogP contribution in [0.15, 0.2) is 49.1 Å². The van der Waals surface area contributed by atoms with E-state index in [1.807, 2.05) is 24.3 Å². The zero-order chi connectivity index (χ0) is 11.5. The second-order valence-electron chi connectivity index (χ2n) is 3.53. The van der Waals surface area contributed by atoms with E-state index < -0.39 is 0 Å². The van der Waals surface area contributed by atoms with Gasteiger partial charge in [-0.3, -0.25) is 10.1 Å². The maximum atomic E-state index is 10.9. The average Bonchev–Trinajstić information content (AvgIpc) is 2.29. The Kier molecular flexibility index (Phi) is 2.68. The molecular weight excluding hydrogens is 202 g/mol. The van der Waals surface area contributed by atoms with Crippen LogP contribution in [-0.2, 0) is 6.42 Å². The minimum atomic E-state index is -0.342. The summed E-state index contributed by atoms with van der Waals surface area (Å²) in [5, 5.41) is 12.9. The first-order valence-corrected chi connectivity index (χ1v) is 5.00. The third kappa shape index (κ3) is 1.67. The molecule has 3 heteroatoms. The molecule has 2 rings (SSSR count). The Balaban J connectivity index is 2.78. The van der Waals surface area contributed by atoms with Crippen LogP contribution in [0.2, 0.25) is 0 Å². The molecule has 0 fully saturated rings. The van der Waals surface area contributed by atoms with Gasteiger partial charge in [-0.2, -0.15) is 0 Å². The molecule has 0 aromatic heterocycles. The van der Waals surface area contributed by atoms with Gasteiger partial charge >= 0.3 is 0 Å². The predicted molar refractivity (Wildman–Crippen MR) is 64.5 cm³/mol. The van der Waals surface area contributed by atoms with Crippen LogP contribution in [0.5, 0.6) is 0 Å². The maximum Gasteiger partial charge on any atom is 0.273 e. The summed E-state index contributed by atoms with van der Waals surface area (Å²) in [4.78, 5) is 10.6. The highest BCUT2D eigenvalue weighted by molar-refractivity contribution is 5.88. The molecule has 0 aliphatic heterocycles. The molecule has 16 heavy (non-hydrogen) atoms. The van der Waals surface area contributed by atoms with Gasteiger partial charge in [0.1, 0.15) is 0 Å². The van der Waals surface area contributed by atoms with Gasteiger partial charge < -0.3 is 0 Å². The summed E-state index contributed by atoms with van der Waals surface area (Å²) in [6.07, 6.45) is 2.20. The summed E-state index contributed by atoms with van der Waals surface area (Å²) in [7, 11) is 0. The first-order valence-electron chi connectivity index (χ1n) is 5.00. The molecule has 2 aromatic rings. The van der Waals surface area contributed by atoms with Gasteiger partial charge in [-0.1, -0.05) is 30.3 Å². The zero-order valence-corrected chi connectivity index (χ0v) is 8.72. The molecule has 80 valence electrons. The molecule has 0 unspecified atom stereocenters. The van der Waals surface area contributed by atoms with E-state index in [4.69, 9.17) is 0 Å². The second kappa shape index (κ2) is 4.14. The highest BCUT2D eigenvalue weighted by Gasteiger charge is 2.14. The standard InChI is InChI=1S/C13H11NO2/c1-2-5-12-11-7-4-3-6-10(11)8-9-13(12)14(15)16/h2-4,6-9H,1,5H2. The van der Waals surface area contributed by atoms with Crippen molar-refractivity contribution in [1.29, 1.82) is 0 Å². The lowest BCUT2D eigenvalue weighted by atomic mass is 10.0. The number of benzene rings is 2. The third-order valence-corrected chi connectivity index (χ3v) is 2.56. The number of fused-ring (bicyclic) bond motifs is 1. The molecule has 0 amide bonds. The van der Waals surface area contributed by atoms with Crippen LogP contribution in [0, 0.1) is 10.1 Å². The highest BCUT2D eigenvalue weighted by Crippen LogP contribution is 2.28. The molecule has 0 bridgehead atoms. The summed E-state index contributed by atoms with van der Waals surface area (Å²) in [5.74, 6) is 0. The van der Waals surface area contributed by atoms with Gasteiger partial charge in [-0.05, 0) is 23.3 Å². The van der Waals surface area contributed by atoms with Gasteiger partial charge in [0.2, 0.25) is 0 Å². The van der Waals surface area contributed by atoms with Crippen LogP contribution in [0.4, 0.5) is 5.69 Å². The van der Waals surface area contributed by atoms with Crippen molar-refractivity contribution in [2.45, 2.75) is 6.42 Å². The smallest absolute Gasteiger partial charge is 0.258 e. The summed E-state index contributed by atoms with van der Waals surface area (Å²) in [6.45, 7) is 3.64. The van der Waals surface area contributed by atoms with Crippen molar-refractivity contribution in [3.63, 3.8) is 0 Å². The van der Waals surface area contributed by atoms with Crippen molar-refractivity contribution in [1.82, 2.24) is 0 Å². The Bertz CT molecular complexity index is 561. The van der Waals surface area contributed by atoms with E-state index in [2.05, 4.69) is 6.58 Å². The number of hydrogen-bond donors (Lipinski definition) is 0. The van der Waals surface area contributed by atoms with Crippen molar-refractivity contribution in [2.75, 3.05) is 0 Å². The van der Waals surface area contributed by atoms with Gasteiger partial charge in [0.25, 0.3) is 5.69 Å². The largest absolute Gasteiger partial charge is 0.273 e. The molecule has 0 N–H and O–H groups in total. The first-order chi connectivity index (χ1) is 7.74. The molecule has 0 radical (unpaired) electrons. The van der Waals surface area contributed by atoms with Crippen LogP contribution >= 0.6 is 0 Å². The summed E-state index contributed by atoms with van der Waals surface area (Å²) >= 11 is 0. The zero-order valence-electron chi connectivity index (χ0n) is 8.72. The van der Waals surface area contributed by atoms with Crippen molar-refractivity contribution in [3.8, 4) is 0 Å². The highest BCUT2D eigenvalue weighted by atomic mass is 16.6. The number of allylic oxidation sites excluding steroid dienone is 1. The van der Waals surface area contributed by atoms with Gasteiger partial charge in [0, 0.05) is 11.6 Å². The van der Waals surface area contributed by atoms with Gasteiger partial charge in [-0.15, -0.1) is 6.58 Å². The Morgan fingerprint density at radius 3 is 2.69 bits per heavy atom. The van der Waals surface area contributed by atoms with E-state index in [1.54, 1.807) is 18.2 Å². The maximum absolute atomic E-state index is 10.9. The SMILES string of the molecule is C=CCc1c([N+](=O)[O-])ccc2ccccc12. The molecule has 0 saturated carbocycles. The van der Waals surface area contributed by atoms with E-state index in [1.165, 1.54) is 0 Å². The predicted octanol–water partition coefficient (Wildman–Crippen LogP) is 3.48. The molecule has 0 spiro atoms. The number of nitrogens with zero attached hydrogens (tertiary/aromatic N) is 1. The number of rotatable bonds is 3. The Hall–Kier alpha value is -2.16. The molecular formula is C13H11NO2. The molecule has 3 nitrogen and oxygen atoms in total. The lowest BCUT2D eigenvalue weighted by molar-refractivity contribution is -0.385. The van der Waals surface area contributed by atoms with Crippen LogP contribution in [-0.4, -0.2) is 4.92 Å². The molecule has 0 saturated heterocycles. The van der Waals surface area contributed by atoms with Crippen LogP contribution in [0.1, 0.15) is 5.56 Å². The number of nitro groups is 1. The minimum absolute atomic E-state index is 0.165. The van der Waals surface area contributed by atoms with Crippen molar-refractivity contribution >= 4 is 16.5 Å². The summed E-state index contributed by atoms with van der Waals surface area (Å²) in [6, 6.07) is 11.0. The number of hydrogen-bond acceptors (Lipinski definition) is 2. The van der Waals surface area contributed by atoms with Gasteiger partial charge in [-0.25, -0.2) is 0 Å². The Morgan fingerprint density at radius 2 is 2.00 bits per heavy atom. The van der Waals surface area contributed by atoms with E-state index in [0.717, 1.165) is 16.3 Å². The summed E-state index contributed by atoms with van der Waals surface area (Å²) < 4.78 is 0. The monoisotopic (exact) mass is 213 g/mol. The van der Waals surface area contributed by atoms with Crippen LogP contribution in [0.25, 0.3) is 10.8 Å². The average molecular weight is 213 g/mol. The summed E-state index contributed by atoms with van der Waals surface area (Å²) in [5.41, 5.74) is 0.900. The molecule has 0 aliphatic rings. The number of nitro benzene ring substituents is 1. The van der Waals surface area contributed by atoms with Gasteiger partial charge in [0.15, 0.2) is 0 Å². The van der Waals surface area contributed by atoms with Crippen molar-refractivity contribution in [2.24, 2.45) is 0 Å². The van der Waals surface area contributed by atoms with Crippen LogP contribution < -0.4 is 0 Å². The third-order valence-electron chi connectivity index (χ3n) is 2.56. The van der Waals surface area contributed by atoms with E-state index in [9.17, 15) is 10.1 Å². The lowest BCUT2D eigenvalue weighted by Crippen LogP contribution is -1.95. The normalized spacial score (nSPS) is 10.2. The van der Waals surface area contributed by atoms with Crippen molar-refractivity contribution in [3.05, 3.63) is 64.7 Å². The quantitative estimate of drug-likeness (QED) is 0.445. The van der Waals surface area contributed by atoms with Crippen LogP contribution in [0.3, 0.4) is 0 Å². The van der Waals surface area contributed by atoms with E-state index >= 15 is 0 Å². The van der Waals surface area contributed by atoms with E-state index in [0.29, 0.717) is 6.42 Å². The molecule has 0 heterocycles. The van der Waals surface area contributed by atoms with E-state index in [-0.39, 0.29) is 10.6 Å². The lowest BCUT2D eigenvalue weighted by Gasteiger charge is -2.05. The first kappa shape index (κ1) is 10.4. The fourth-order valence-electron chi connectivity index (χ4n) is 1.85. The molecule has 2 aromatic carbocycles. The topological polar surface area (TPSA) is 43.1 Å². The minimum Gasteiger partial charge on any atom is -0.258 e. The van der Waals surface area contributed by atoms with Crippen molar-refractivity contribution < 1.29 is 4.92 Å². The second-order valence-corrected chi connectivity index (χ2v) is 3.53. The van der Waals surface area contributed by atoms with Gasteiger partial charge in [0.05, 0.1) is 4.92 Å². The fourth-order valence-corrected chi connectivity index (χ4v) is 1.85. The molecule has 0 aliphatic carbocycles. The Morgan fingerprint density at radius 1 is 1.25 bits per heavy atom. The molecule has 0 atom stereocenters. The Labute approximate surface area is 93.2 Å². The fraction of sp³-hybridized carbons (Fsp3) is 0.0769.